The second-order valence-electron chi connectivity index (χ2n) is 32.2. The van der Waals surface area contributed by atoms with E-state index in [2.05, 4.69) is 61.8 Å². The number of rotatable bonds is 15. The predicted octanol–water partition coefficient (Wildman–Crippen LogP) is 18.7. The molecule has 0 radical (unpaired) electrons. The molecular weight excluding hydrogens is 1920 g/mol. The van der Waals surface area contributed by atoms with Crippen molar-refractivity contribution >= 4 is 178 Å². The predicted molar refractivity (Wildman–Crippen MR) is 512 cm³/mol. The summed E-state index contributed by atoms with van der Waals surface area (Å²) in [6, 6.07) is 15.5. The van der Waals surface area contributed by atoms with E-state index in [4.69, 9.17) is 110 Å². The zero-order valence-electron chi connectivity index (χ0n) is 73.2. The summed E-state index contributed by atoms with van der Waals surface area (Å²) in [6.45, 7) is 30.6. The second kappa shape index (κ2) is 39.8. The molecule has 9 aromatic heterocycles. The number of nitriles is 3. The molecule has 3 saturated heterocycles. The average Bonchev–Trinajstić information content (AvgIpc) is 0.728. The molecule has 12 aromatic rings. The number of piperazine rings is 3. The van der Waals surface area contributed by atoms with Gasteiger partial charge in [0.15, 0.2) is 40.7 Å². The van der Waals surface area contributed by atoms with E-state index in [-0.39, 0.29) is 170 Å². The Morgan fingerprint density at radius 1 is 0.378 bits per heavy atom. The number of aryl methyl sites for hydroxylation is 3. The van der Waals surface area contributed by atoms with Crippen molar-refractivity contribution in [3.05, 3.63) is 255 Å². The molecule has 12 heterocycles. The van der Waals surface area contributed by atoms with Gasteiger partial charge >= 0.3 is 0 Å². The summed E-state index contributed by atoms with van der Waals surface area (Å²) in [7, 11) is 0. The van der Waals surface area contributed by atoms with Crippen LogP contribution in [0.25, 0.3) is 83.9 Å². The number of nitrogen functional groups attached to an aromatic ring is 3. The van der Waals surface area contributed by atoms with Crippen LogP contribution in [0.1, 0.15) is 110 Å². The van der Waals surface area contributed by atoms with Gasteiger partial charge < -0.3 is 46.6 Å². The van der Waals surface area contributed by atoms with Crippen LogP contribution in [-0.2, 0) is 14.4 Å². The van der Waals surface area contributed by atoms with E-state index in [0.29, 0.717) is 87.8 Å². The number of fused-ring (bicyclic) bond motifs is 3. The van der Waals surface area contributed by atoms with Crippen LogP contribution < -0.4 is 48.6 Å². The Morgan fingerprint density at radius 2 is 0.652 bits per heavy atom. The molecule has 42 heteroatoms. The lowest BCUT2D eigenvalue weighted by Crippen LogP contribution is -2.49. The van der Waals surface area contributed by atoms with Crippen LogP contribution in [0.15, 0.2) is 107 Å². The Kier molecular flexibility index (Phi) is 29.3. The van der Waals surface area contributed by atoms with E-state index >= 15 is 13.2 Å². The van der Waals surface area contributed by atoms with Gasteiger partial charge in [0, 0.05) is 113 Å². The molecule has 0 aliphatic carbocycles. The molecule has 15 rings (SSSR count). The molecular formula is C93H78Cl8F7N21O6. The Labute approximate surface area is 806 Å². The fourth-order valence-corrected chi connectivity index (χ4v) is 18.4. The van der Waals surface area contributed by atoms with Crippen LogP contribution >= 0.6 is 92.8 Å². The van der Waals surface area contributed by atoms with Gasteiger partial charge in [0.05, 0.1) is 132 Å². The number of hydrogen-bond donors (Lipinski definition) is 3. The first kappa shape index (κ1) is 99.4. The van der Waals surface area contributed by atoms with Crippen molar-refractivity contribution < 1.29 is 45.1 Å². The van der Waals surface area contributed by atoms with Crippen molar-refractivity contribution in [1.29, 1.82) is 15.8 Å². The van der Waals surface area contributed by atoms with Gasteiger partial charge in [-0.25, -0.2) is 45.7 Å². The third-order valence-corrected chi connectivity index (χ3v) is 26.0. The molecule has 135 heavy (non-hydrogen) atoms. The topological polar surface area (TPSA) is 363 Å². The van der Waals surface area contributed by atoms with Crippen molar-refractivity contribution in [1.82, 2.24) is 58.3 Å². The lowest BCUT2D eigenvalue weighted by atomic mass is 10.0. The number of anilines is 6. The molecule has 3 aliphatic rings. The first-order chi connectivity index (χ1) is 64.0. The zero-order chi connectivity index (χ0) is 98.7. The van der Waals surface area contributed by atoms with Crippen molar-refractivity contribution in [3.8, 4) is 69.0 Å². The third-order valence-electron chi connectivity index (χ3n) is 23.2. The number of aromatic nitrogens is 9. The monoisotopic (exact) mass is 2000 g/mol. The number of benzene rings is 3. The quantitative estimate of drug-likeness (QED) is 0.0282. The van der Waals surface area contributed by atoms with Crippen molar-refractivity contribution in [2.75, 3.05) is 110 Å². The molecule has 0 spiro atoms. The summed E-state index contributed by atoms with van der Waals surface area (Å²) in [5, 5.41) is 28.2. The van der Waals surface area contributed by atoms with Crippen molar-refractivity contribution in [2.24, 2.45) is 0 Å². The van der Waals surface area contributed by atoms with Crippen molar-refractivity contribution in [3.63, 3.8) is 0 Å². The number of halogens is 15. The average molecular weight is 2000 g/mol. The van der Waals surface area contributed by atoms with Gasteiger partial charge in [-0.2, -0.15) is 15.8 Å². The molecule has 6 N–H and O–H groups in total. The van der Waals surface area contributed by atoms with Crippen LogP contribution in [0.3, 0.4) is 0 Å². The number of amides is 3. The standard InChI is InChI=1S/2C31H26Cl3F2N7O2.C31H26Cl2F3N7O2/c1-5-19(44)41-8-10-42(11-9-41)29-16-12-18(32)27(20-21(33)25(38)24(36)22(34)23(20)35)40-30(16)43(31(45)17(29)13-37)28-15(4)6-7-39-26(28)14(2)3;1-5-19(44)41-8-10-42(11-9-41)29-16-12-18(32)27(20-21(33)22(34)24(36)25(38)23(20)35)40-30(16)43(31(45)17(29)13-37)28-15(4)6-7-39-26(28)14(2)3;1-5-19(44)41-8-10-42(11-9-41)29-16-12-18(32)27(20-21(33)25(38)24(36)23(35)22(20)34)40-30(16)43(31(45)17(29)13-37)28-15(4)6-7-39-26(28)14(2)3/h3*5-7,12,14H,1,8-11,38H2,2-4H3. The summed E-state index contributed by atoms with van der Waals surface area (Å²) in [4.78, 5) is 117. The number of hydrogen-bond acceptors (Lipinski definition) is 21. The lowest BCUT2D eigenvalue weighted by molar-refractivity contribution is -0.127. The van der Waals surface area contributed by atoms with Crippen LogP contribution in [-0.4, -0.2) is 155 Å². The van der Waals surface area contributed by atoms with Gasteiger partial charge in [0.25, 0.3) is 16.7 Å². The summed E-state index contributed by atoms with van der Waals surface area (Å²) in [5.74, 6) is -11.4. The maximum atomic E-state index is 15.6. The molecule has 0 atom stereocenters. The highest BCUT2D eigenvalue weighted by atomic mass is 35.5. The Balaban J connectivity index is 0.000000171. The first-order valence-corrected chi connectivity index (χ1v) is 44.3. The van der Waals surface area contributed by atoms with E-state index < -0.39 is 122 Å². The second-order valence-corrected chi connectivity index (χ2v) is 35.3. The minimum Gasteiger partial charge on any atom is -0.395 e. The molecule has 0 saturated carbocycles. The van der Waals surface area contributed by atoms with E-state index in [9.17, 15) is 62.1 Å². The largest absolute Gasteiger partial charge is 0.395 e. The molecule has 3 amide bonds. The summed E-state index contributed by atoms with van der Waals surface area (Å²) in [5.41, 5.74) is 14.8. The van der Waals surface area contributed by atoms with Gasteiger partial charge in [-0.3, -0.25) is 57.4 Å². The summed E-state index contributed by atoms with van der Waals surface area (Å²) >= 11 is 51.0. The fraction of sp³-hybridized carbons (Fsp3) is 0.258. The van der Waals surface area contributed by atoms with Crippen LogP contribution in [0.4, 0.5) is 64.9 Å². The van der Waals surface area contributed by atoms with Gasteiger partial charge in [-0.1, -0.05) is 154 Å². The Hall–Kier alpha value is -13.1. The van der Waals surface area contributed by atoms with E-state index in [0.717, 1.165) is 0 Å². The number of carbonyl (C=O) groups is 3. The summed E-state index contributed by atoms with van der Waals surface area (Å²) < 4.78 is 108. The number of nitrogens with two attached hydrogens (primary N) is 3. The van der Waals surface area contributed by atoms with Gasteiger partial charge in [-0.15, -0.1) is 0 Å². The minimum atomic E-state index is -1.88. The van der Waals surface area contributed by atoms with E-state index in [1.165, 1.54) is 50.1 Å². The maximum absolute atomic E-state index is 15.6. The summed E-state index contributed by atoms with van der Waals surface area (Å²) in [6.07, 6.45) is 8.45. The highest BCUT2D eigenvalue weighted by Gasteiger charge is 2.38. The van der Waals surface area contributed by atoms with Crippen molar-refractivity contribution in [2.45, 2.75) is 80.1 Å². The Bertz CT molecular complexity index is 6650. The lowest BCUT2D eigenvalue weighted by Gasteiger charge is -2.36. The normalized spacial score (nSPS) is 13.4. The molecule has 27 nitrogen and oxygen atoms in total. The number of pyridine rings is 9. The molecule has 3 aromatic carbocycles. The van der Waals surface area contributed by atoms with E-state index in [1.807, 2.05) is 47.6 Å². The van der Waals surface area contributed by atoms with Gasteiger partial charge in [0.2, 0.25) is 17.7 Å². The highest BCUT2D eigenvalue weighted by Crippen LogP contribution is 2.50. The molecule has 0 bridgehead atoms. The van der Waals surface area contributed by atoms with Gasteiger partial charge in [0.1, 0.15) is 62.5 Å². The molecule has 3 fully saturated rings. The molecule has 696 valence electrons. The Morgan fingerprint density at radius 3 is 0.933 bits per heavy atom. The zero-order valence-corrected chi connectivity index (χ0v) is 79.2. The van der Waals surface area contributed by atoms with E-state index in [1.54, 1.807) is 87.0 Å². The SMILES string of the molecule is C=CC(=O)N1CCN(c2c(C#N)c(=O)n(-c3c(C)ccnc3C(C)C)c3nc(-c4c(F)c(Cl)c(F)c(N)c4Cl)c(Cl)cc23)CC1.C=CC(=O)N1CCN(c2c(C#N)c(=O)n(-c3c(C)ccnc3C(C)C)c3nc(-c4c(F)c(F)c(F)c(N)c4Cl)c(Cl)cc23)CC1.C=CC(=O)N1CCN(c2c(C#N)c(=O)n(-c3c(C)ccnc3C(C)C)c3nc(-c4c(F)c(N)c(F)c(Cl)c4Cl)c(Cl)cc23)CC1. The number of carbonyl (C=O) groups excluding carboxylic acids is 3. The minimum absolute atomic E-state index is 0.00508. The van der Waals surface area contributed by atoms with Crippen LogP contribution in [0, 0.1) is 95.5 Å². The van der Waals surface area contributed by atoms with Crippen LogP contribution in [0.2, 0.25) is 40.2 Å². The fourth-order valence-electron chi connectivity index (χ4n) is 16.5. The molecule has 0 unspecified atom stereocenters. The third kappa shape index (κ3) is 17.7. The van der Waals surface area contributed by atoms with Crippen LogP contribution in [0.5, 0.6) is 0 Å². The highest BCUT2D eigenvalue weighted by molar-refractivity contribution is 6.45. The first-order valence-electron chi connectivity index (χ1n) is 41.3. The maximum Gasteiger partial charge on any atom is 0.276 e. The smallest absolute Gasteiger partial charge is 0.276 e. The molecule has 3 aliphatic heterocycles. The number of nitrogens with zero attached hydrogens (tertiary/aromatic N) is 18. The van der Waals surface area contributed by atoms with Gasteiger partial charge in [-0.05, 0) is 110 Å².